The van der Waals surface area contributed by atoms with Crippen LogP contribution in [-0.2, 0) is 4.74 Å². The molecule has 16 heavy (non-hydrogen) atoms. The van der Waals surface area contributed by atoms with Crippen LogP contribution in [0.1, 0.15) is 0 Å². The fourth-order valence-electron chi connectivity index (χ4n) is 1.86. The molecule has 3 rings (SSSR count). The lowest BCUT2D eigenvalue weighted by atomic mass is 10.3. The minimum Gasteiger partial charge on any atom is -0.378 e. The summed E-state index contributed by atoms with van der Waals surface area (Å²) in [5, 5.41) is 0. The Balaban J connectivity index is 0.000000963. The van der Waals surface area contributed by atoms with E-state index in [1.54, 1.807) is 0 Å². The van der Waals surface area contributed by atoms with Gasteiger partial charge in [-0.2, -0.15) is 0 Å². The first-order valence-electron chi connectivity index (χ1n) is 5.21. The van der Waals surface area contributed by atoms with Crippen LogP contribution in [0.4, 0.5) is 5.95 Å². The molecular formula is C11H14ClN3O. The van der Waals surface area contributed by atoms with Gasteiger partial charge in [0.05, 0.1) is 24.2 Å². The van der Waals surface area contributed by atoms with Gasteiger partial charge in [-0.25, -0.2) is 4.98 Å². The fraction of sp³-hybridized carbons (Fsp3) is 0.364. The summed E-state index contributed by atoms with van der Waals surface area (Å²) in [5.41, 5.74) is 2.12. The number of rotatable bonds is 1. The topological polar surface area (TPSA) is 41.2 Å². The second-order valence-electron chi connectivity index (χ2n) is 3.68. The number of benzene rings is 1. The maximum absolute atomic E-state index is 5.31. The lowest BCUT2D eigenvalue weighted by Crippen LogP contribution is -2.36. The van der Waals surface area contributed by atoms with Crippen molar-refractivity contribution in [2.24, 2.45) is 0 Å². The highest BCUT2D eigenvalue weighted by molar-refractivity contribution is 5.85. The number of anilines is 1. The zero-order chi connectivity index (χ0) is 10.1. The zero-order valence-corrected chi connectivity index (χ0v) is 9.67. The molecule has 4 nitrogen and oxygen atoms in total. The van der Waals surface area contributed by atoms with Crippen LogP contribution in [-0.4, -0.2) is 36.3 Å². The first-order chi connectivity index (χ1) is 7.43. The van der Waals surface area contributed by atoms with Gasteiger partial charge in [-0.3, -0.25) is 0 Å². The Morgan fingerprint density at radius 1 is 1.19 bits per heavy atom. The number of aromatic amines is 1. The number of hydrogen-bond donors (Lipinski definition) is 1. The molecule has 0 atom stereocenters. The van der Waals surface area contributed by atoms with Crippen molar-refractivity contribution < 1.29 is 4.74 Å². The standard InChI is InChI=1S/C11H13N3O.ClH/c1-2-4-10-9(3-1)12-11(13-10)14-5-7-15-8-6-14;/h1-4H,5-8H2,(H,12,13);1H. The SMILES string of the molecule is Cl.c1ccc2[nH]c(N3CCOCC3)nc2c1. The van der Waals surface area contributed by atoms with Gasteiger partial charge < -0.3 is 14.6 Å². The van der Waals surface area contributed by atoms with Gasteiger partial charge in [0.2, 0.25) is 5.95 Å². The van der Waals surface area contributed by atoms with Gasteiger partial charge in [0.25, 0.3) is 0 Å². The van der Waals surface area contributed by atoms with Crippen LogP contribution in [0.25, 0.3) is 11.0 Å². The largest absolute Gasteiger partial charge is 0.378 e. The van der Waals surface area contributed by atoms with E-state index in [-0.39, 0.29) is 12.4 Å². The number of halogens is 1. The minimum atomic E-state index is 0. The molecule has 0 amide bonds. The number of nitrogens with one attached hydrogen (secondary N) is 1. The molecule has 1 fully saturated rings. The monoisotopic (exact) mass is 239 g/mol. The van der Waals surface area contributed by atoms with Crippen LogP contribution in [0.2, 0.25) is 0 Å². The quantitative estimate of drug-likeness (QED) is 0.826. The lowest BCUT2D eigenvalue weighted by Gasteiger charge is -2.26. The third-order valence-corrected chi connectivity index (χ3v) is 2.69. The lowest BCUT2D eigenvalue weighted by molar-refractivity contribution is 0.122. The van der Waals surface area contributed by atoms with Crippen LogP contribution < -0.4 is 4.90 Å². The van der Waals surface area contributed by atoms with E-state index in [1.807, 2.05) is 24.3 Å². The number of hydrogen-bond acceptors (Lipinski definition) is 3. The highest BCUT2D eigenvalue weighted by atomic mass is 35.5. The molecule has 0 unspecified atom stereocenters. The third kappa shape index (κ3) is 1.99. The van der Waals surface area contributed by atoms with Crippen LogP contribution >= 0.6 is 12.4 Å². The number of nitrogens with zero attached hydrogens (tertiary/aromatic N) is 2. The molecule has 0 aliphatic carbocycles. The average molecular weight is 240 g/mol. The molecule has 1 aromatic heterocycles. The maximum Gasteiger partial charge on any atom is 0.203 e. The van der Waals surface area contributed by atoms with Crippen molar-refractivity contribution in [2.45, 2.75) is 0 Å². The summed E-state index contributed by atoms with van der Waals surface area (Å²) in [7, 11) is 0. The van der Waals surface area contributed by atoms with Crippen LogP contribution in [0.5, 0.6) is 0 Å². The van der Waals surface area contributed by atoms with Crippen molar-refractivity contribution in [3.8, 4) is 0 Å². The molecule has 5 heteroatoms. The Bertz CT molecular complexity index is 432. The van der Waals surface area contributed by atoms with E-state index < -0.39 is 0 Å². The molecule has 2 heterocycles. The van der Waals surface area contributed by atoms with Crippen molar-refractivity contribution in [1.82, 2.24) is 9.97 Å². The smallest absolute Gasteiger partial charge is 0.203 e. The van der Waals surface area contributed by atoms with Gasteiger partial charge in [-0.15, -0.1) is 12.4 Å². The van der Waals surface area contributed by atoms with Crippen molar-refractivity contribution >= 4 is 29.4 Å². The van der Waals surface area contributed by atoms with E-state index in [9.17, 15) is 0 Å². The van der Waals surface area contributed by atoms with Gasteiger partial charge in [0, 0.05) is 13.1 Å². The average Bonchev–Trinajstić information content (AvgIpc) is 2.74. The van der Waals surface area contributed by atoms with Gasteiger partial charge in [0.15, 0.2) is 0 Å². The number of morpholine rings is 1. The number of fused-ring (bicyclic) bond motifs is 1. The summed E-state index contributed by atoms with van der Waals surface area (Å²) in [6.07, 6.45) is 0. The normalized spacial score (nSPS) is 16.1. The summed E-state index contributed by atoms with van der Waals surface area (Å²) in [5.74, 6) is 0.958. The van der Waals surface area contributed by atoms with Crippen LogP contribution in [0.3, 0.4) is 0 Å². The molecule has 1 aromatic carbocycles. The first kappa shape index (κ1) is 11.2. The number of aromatic nitrogens is 2. The van der Waals surface area contributed by atoms with Gasteiger partial charge >= 0.3 is 0 Å². The summed E-state index contributed by atoms with van der Waals surface area (Å²) in [4.78, 5) is 10.1. The van der Waals surface area contributed by atoms with Gasteiger partial charge in [-0.1, -0.05) is 12.1 Å². The second kappa shape index (κ2) is 4.72. The predicted octanol–water partition coefficient (Wildman–Crippen LogP) is 1.82. The molecule has 1 aliphatic rings. The number of H-pyrrole nitrogens is 1. The van der Waals surface area contributed by atoms with Crippen molar-refractivity contribution in [2.75, 3.05) is 31.2 Å². The summed E-state index contributed by atoms with van der Waals surface area (Å²) in [6.45, 7) is 3.41. The maximum atomic E-state index is 5.31. The summed E-state index contributed by atoms with van der Waals surface area (Å²) < 4.78 is 5.31. The van der Waals surface area contributed by atoms with E-state index in [1.165, 1.54) is 0 Å². The second-order valence-corrected chi connectivity index (χ2v) is 3.68. The van der Waals surface area contributed by atoms with Crippen molar-refractivity contribution in [3.05, 3.63) is 24.3 Å². The molecule has 0 saturated carbocycles. The molecule has 0 bridgehead atoms. The predicted molar refractivity (Wildman–Crippen MR) is 66.4 cm³/mol. The van der Waals surface area contributed by atoms with E-state index in [0.717, 1.165) is 43.3 Å². The van der Waals surface area contributed by atoms with Crippen LogP contribution in [0.15, 0.2) is 24.3 Å². The highest BCUT2D eigenvalue weighted by Gasteiger charge is 2.14. The van der Waals surface area contributed by atoms with E-state index in [0.29, 0.717) is 0 Å². The summed E-state index contributed by atoms with van der Waals surface area (Å²) in [6, 6.07) is 8.10. The molecule has 86 valence electrons. The molecule has 1 N–H and O–H groups in total. The van der Waals surface area contributed by atoms with Crippen molar-refractivity contribution in [1.29, 1.82) is 0 Å². The van der Waals surface area contributed by atoms with Gasteiger partial charge in [0.1, 0.15) is 0 Å². The molecule has 1 saturated heterocycles. The fourth-order valence-corrected chi connectivity index (χ4v) is 1.86. The third-order valence-electron chi connectivity index (χ3n) is 2.69. The molecule has 2 aromatic rings. The van der Waals surface area contributed by atoms with E-state index >= 15 is 0 Å². The van der Waals surface area contributed by atoms with Crippen LogP contribution in [0, 0.1) is 0 Å². The van der Waals surface area contributed by atoms with Gasteiger partial charge in [-0.05, 0) is 12.1 Å². The zero-order valence-electron chi connectivity index (χ0n) is 8.85. The summed E-state index contributed by atoms with van der Waals surface area (Å²) >= 11 is 0. The van der Waals surface area contributed by atoms with E-state index in [2.05, 4.69) is 14.9 Å². The molecule has 1 aliphatic heterocycles. The Morgan fingerprint density at radius 3 is 2.69 bits per heavy atom. The van der Waals surface area contributed by atoms with E-state index in [4.69, 9.17) is 4.74 Å². The first-order valence-corrected chi connectivity index (χ1v) is 5.21. The number of imidazole rings is 1. The highest BCUT2D eigenvalue weighted by Crippen LogP contribution is 2.17. The molecule has 0 spiro atoms. The molecular weight excluding hydrogens is 226 g/mol. The Morgan fingerprint density at radius 2 is 1.94 bits per heavy atom. The van der Waals surface area contributed by atoms with Crippen molar-refractivity contribution in [3.63, 3.8) is 0 Å². The Hall–Kier alpha value is -1.26. The molecule has 0 radical (unpaired) electrons. The minimum absolute atomic E-state index is 0. The Labute approximate surface area is 100 Å². The Kier molecular flexibility index (Phi) is 3.31. The number of para-hydroxylation sites is 2. The number of ether oxygens (including phenoxy) is 1.